The van der Waals surface area contributed by atoms with E-state index in [1.165, 1.54) is 12.1 Å². The Balaban J connectivity index is 2.38. The van der Waals surface area contributed by atoms with Crippen molar-refractivity contribution in [2.24, 2.45) is 0 Å². The molecule has 0 aliphatic carbocycles. The Morgan fingerprint density at radius 2 is 2.08 bits per heavy atom. The van der Waals surface area contributed by atoms with E-state index in [2.05, 4.69) is 18.9 Å². The summed E-state index contributed by atoms with van der Waals surface area (Å²) >= 11 is 5.94. The van der Waals surface area contributed by atoms with E-state index in [1.807, 2.05) is 18.3 Å². The summed E-state index contributed by atoms with van der Waals surface area (Å²) in [6.07, 6.45) is 5.78. The first-order chi connectivity index (χ1) is 11.5. The quantitative estimate of drug-likeness (QED) is 0.486. The summed E-state index contributed by atoms with van der Waals surface area (Å²) in [7, 11) is 0. The van der Waals surface area contributed by atoms with Gasteiger partial charge in [-0.3, -0.25) is 4.79 Å². The Hall–Kier alpha value is -2.46. The Kier molecular flexibility index (Phi) is 4.49. The van der Waals surface area contributed by atoms with Crippen LogP contribution in [0.3, 0.4) is 0 Å². The monoisotopic (exact) mass is 342 g/mol. The van der Waals surface area contributed by atoms with E-state index in [0.717, 1.165) is 22.9 Å². The normalized spacial score (nSPS) is 11.7. The van der Waals surface area contributed by atoms with Gasteiger partial charge in [-0.15, -0.1) is 0 Å². The van der Waals surface area contributed by atoms with Crippen LogP contribution in [0.2, 0.25) is 5.02 Å². The second kappa shape index (κ2) is 6.57. The summed E-state index contributed by atoms with van der Waals surface area (Å²) in [4.78, 5) is 10.8. The minimum Gasteiger partial charge on any atom is -0.299 e. The van der Waals surface area contributed by atoms with Gasteiger partial charge in [-0.25, -0.2) is 8.91 Å². The molecule has 0 spiro atoms. The molecule has 2 heterocycles. The lowest BCUT2D eigenvalue weighted by Gasteiger charge is -2.17. The number of aldehydes is 1. The molecule has 0 aliphatic rings. The van der Waals surface area contributed by atoms with Gasteiger partial charge in [0.1, 0.15) is 12.1 Å². The third-order valence-corrected chi connectivity index (χ3v) is 4.16. The molecule has 3 nitrogen and oxygen atoms in total. The minimum absolute atomic E-state index is 0.0401. The van der Waals surface area contributed by atoms with E-state index in [-0.39, 0.29) is 10.9 Å². The molecule has 2 aromatic heterocycles. The van der Waals surface area contributed by atoms with Crippen LogP contribution < -0.4 is 0 Å². The molecule has 1 aromatic carbocycles. The number of fused-ring (bicyclic) bond motifs is 1. The molecule has 0 radical (unpaired) electrons. The average molecular weight is 343 g/mol. The molecule has 0 N–H and O–H groups in total. The van der Waals surface area contributed by atoms with Crippen molar-refractivity contribution < 1.29 is 9.18 Å². The first-order valence-corrected chi connectivity index (χ1v) is 7.99. The summed E-state index contributed by atoms with van der Waals surface area (Å²) in [5, 5.41) is 4.68. The van der Waals surface area contributed by atoms with E-state index in [9.17, 15) is 9.18 Å². The average Bonchev–Trinajstić information content (AvgIpc) is 3.01. The lowest BCUT2D eigenvalue weighted by Crippen LogP contribution is -2.04. The highest BCUT2D eigenvalue weighted by molar-refractivity contribution is 6.31. The summed E-state index contributed by atoms with van der Waals surface area (Å²) in [6.45, 7) is 4.17. The van der Waals surface area contributed by atoms with Crippen molar-refractivity contribution >= 4 is 29.5 Å². The Labute approximate surface area is 144 Å². The van der Waals surface area contributed by atoms with Gasteiger partial charge < -0.3 is 0 Å². The lowest BCUT2D eigenvalue weighted by atomic mass is 9.93. The van der Waals surface area contributed by atoms with Crippen molar-refractivity contribution in [3.8, 4) is 11.3 Å². The molecular formula is C19H16ClFN2O. The predicted octanol–water partition coefficient (Wildman–Crippen LogP) is 5.13. The van der Waals surface area contributed by atoms with Crippen LogP contribution in [0.25, 0.3) is 22.9 Å². The third kappa shape index (κ3) is 2.85. The molecule has 0 saturated heterocycles. The summed E-state index contributed by atoms with van der Waals surface area (Å²) in [5.74, 6) is -0.261. The summed E-state index contributed by atoms with van der Waals surface area (Å²) in [5.41, 5.74) is 4.24. The first kappa shape index (κ1) is 16.4. The van der Waals surface area contributed by atoms with Gasteiger partial charge in [-0.05, 0) is 54.0 Å². The SMILES string of the molecule is CC(C)c1c(/C=C/C=O)c(-c2ccc(F)c(Cl)c2)nn2cccc12. The summed E-state index contributed by atoms with van der Waals surface area (Å²) in [6, 6.07) is 8.42. The van der Waals surface area contributed by atoms with Crippen molar-refractivity contribution in [3.05, 3.63) is 64.6 Å². The number of hydrogen-bond donors (Lipinski definition) is 0. The molecule has 3 rings (SSSR count). The van der Waals surface area contributed by atoms with E-state index < -0.39 is 5.82 Å². The molecule has 122 valence electrons. The van der Waals surface area contributed by atoms with Crippen LogP contribution in [-0.2, 0) is 4.79 Å². The van der Waals surface area contributed by atoms with Crippen LogP contribution in [0.4, 0.5) is 4.39 Å². The maximum atomic E-state index is 13.5. The molecule has 5 heteroatoms. The number of allylic oxidation sites excluding steroid dienone is 1. The Morgan fingerprint density at radius 3 is 2.75 bits per heavy atom. The van der Waals surface area contributed by atoms with Crippen LogP contribution in [0.1, 0.15) is 30.9 Å². The smallest absolute Gasteiger partial charge is 0.142 e. The zero-order valence-electron chi connectivity index (χ0n) is 13.3. The molecule has 0 bridgehead atoms. The van der Waals surface area contributed by atoms with Crippen LogP contribution >= 0.6 is 11.6 Å². The maximum absolute atomic E-state index is 13.5. The van der Waals surface area contributed by atoms with Crippen molar-refractivity contribution in [2.75, 3.05) is 0 Å². The van der Waals surface area contributed by atoms with Gasteiger partial charge in [0, 0.05) is 17.3 Å². The highest BCUT2D eigenvalue weighted by Crippen LogP contribution is 2.34. The second-order valence-electron chi connectivity index (χ2n) is 5.79. The fourth-order valence-electron chi connectivity index (χ4n) is 2.87. The molecule has 0 unspecified atom stereocenters. The summed E-state index contributed by atoms with van der Waals surface area (Å²) < 4.78 is 15.3. The molecule has 0 atom stereocenters. The number of nitrogens with zero attached hydrogens (tertiary/aromatic N) is 2. The Bertz CT molecular complexity index is 944. The second-order valence-corrected chi connectivity index (χ2v) is 6.20. The molecule has 0 amide bonds. The molecule has 3 aromatic rings. The van der Waals surface area contributed by atoms with Gasteiger partial charge in [0.2, 0.25) is 0 Å². The molecule has 0 fully saturated rings. The highest BCUT2D eigenvalue weighted by Gasteiger charge is 2.18. The van der Waals surface area contributed by atoms with Gasteiger partial charge in [-0.2, -0.15) is 5.10 Å². The van der Waals surface area contributed by atoms with Crippen LogP contribution in [0.15, 0.2) is 42.6 Å². The van der Waals surface area contributed by atoms with E-state index in [0.29, 0.717) is 11.3 Å². The predicted molar refractivity (Wildman–Crippen MR) is 94.8 cm³/mol. The van der Waals surface area contributed by atoms with Gasteiger partial charge in [0.05, 0.1) is 16.2 Å². The lowest BCUT2D eigenvalue weighted by molar-refractivity contribution is -0.104. The molecule has 0 saturated carbocycles. The fraction of sp³-hybridized carbons (Fsp3) is 0.158. The molecule has 0 aliphatic heterocycles. The number of rotatable bonds is 4. The van der Waals surface area contributed by atoms with Gasteiger partial charge in [0.15, 0.2) is 0 Å². The largest absolute Gasteiger partial charge is 0.299 e. The van der Waals surface area contributed by atoms with Crippen LogP contribution in [-0.4, -0.2) is 15.9 Å². The first-order valence-electron chi connectivity index (χ1n) is 7.61. The van der Waals surface area contributed by atoms with Gasteiger partial charge in [-0.1, -0.05) is 25.4 Å². The number of aromatic nitrogens is 2. The van der Waals surface area contributed by atoms with Crippen molar-refractivity contribution in [3.63, 3.8) is 0 Å². The molecular weight excluding hydrogens is 327 g/mol. The highest BCUT2D eigenvalue weighted by atomic mass is 35.5. The van der Waals surface area contributed by atoms with Crippen LogP contribution in [0.5, 0.6) is 0 Å². The van der Waals surface area contributed by atoms with Gasteiger partial charge in [0.25, 0.3) is 0 Å². The number of benzene rings is 1. The van der Waals surface area contributed by atoms with Crippen molar-refractivity contribution in [2.45, 2.75) is 19.8 Å². The minimum atomic E-state index is -0.475. The zero-order chi connectivity index (χ0) is 17.3. The van der Waals surface area contributed by atoms with E-state index >= 15 is 0 Å². The van der Waals surface area contributed by atoms with E-state index in [1.54, 1.807) is 22.7 Å². The number of hydrogen-bond acceptors (Lipinski definition) is 2. The zero-order valence-corrected chi connectivity index (χ0v) is 14.1. The van der Waals surface area contributed by atoms with Gasteiger partial charge >= 0.3 is 0 Å². The molecule has 24 heavy (non-hydrogen) atoms. The maximum Gasteiger partial charge on any atom is 0.142 e. The number of carbonyl (C=O) groups is 1. The van der Waals surface area contributed by atoms with Crippen molar-refractivity contribution in [1.29, 1.82) is 0 Å². The standard InChI is InChI=1S/C19H16ClFN2O/c1-12(2)18-14(5-4-10-24)19(22-23-9-3-6-17(18)23)13-7-8-16(21)15(20)11-13/h3-12H,1-2H3/b5-4+. The number of halogens is 2. The van der Waals surface area contributed by atoms with Crippen molar-refractivity contribution in [1.82, 2.24) is 9.61 Å². The topological polar surface area (TPSA) is 34.4 Å². The van der Waals surface area contributed by atoms with Crippen LogP contribution in [0, 0.1) is 5.82 Å². The number of carbonyl (C=O) groups excluding carboxylic acids is 1. The fourth-order valence-corrected chi connectivity index (χ4v) is 3.05. The Morgan fingerprint density at radius 1 is 1.29 bits per heavy atom. The third-order valence-electron chi connectivity index (χ3n) is 3.87. The van der Waals surface area contributed by atoms with E-state index in [4.69, 9.17) is 11.6 Å².